The molecule has 0 bridgehead atoms. The highest BCUT2D eigenvalue weighted by molar-refractivity contribution is 6.30. The number of nitrogens with one attached hydrogen (secondary N) is 1. The maximum Gasteiger partial charge on any atom is 0.225 e. The standard InChI is InChI=1S/C14H16ClN5/c15-11-2-3-13(18-10-11)19-12-4-8-20(9-5-12)14-16-6-1-7-17-14/h1-3,6-7,10,12H,4-5,8-9H2,(H,18,19). The molecule has 5 nitrogen and oxygen atoms in total. The van der Waals surface area contributed by atoms with E-state index in [0.29, 0.717) is 11.1 Å². The van der Waals surface area contributed by atoms with Crippen molar-refractivity contribution < 1.29 is 0 Å². The largest absolute Gasteiger partial charge is 0.367 e. The van der Waals surface area contributed by atoms with Gasteiger partial charge in [-0.25, -0.2) is 15.0 Å². The summed E-state index contributed by atoms with van der Waals surface area (Å²) in [6.45, 7) is 1.91. The van der Waals surface area contributed by atoms with Crippen LogP contribution in [-0.4, -0.2) is 34.1 Å². The van der Waals surface area contributed by atoms with Crippen LogP contribution in [0.1, 0.15) is 12.8 Å². The number of aromatic nitrogens is 3. The minimum Gasteiger partial charge on any atom is -0.367 e. The van der Waals surface area contributed by atoms with Crippen LogP contribution in [0.2, 0.25) is 5.02 Å². The van der Waals surface area contributed by atoms with Gasteiger partial charge in [0.15, 0.2) is 0 Å². The van der Waals surface area contributed by atoms with E-state index < -0.39 is 0 Å². The predicted octanol–water partition coefficient (Wildman–Crippen LogP) is 2.61. The second-order valence-corrected chi connectivity index (χ2v) is 5.25. The van der Waals surface area contributed by atoms with Gasteiger partial charge in [0.25, 0.3) is 0 Å². The van der Waals surface area contributed by atoms with Crippen molar-refractivity contribution in [3.8, 4) is 0 Å². The molecular formula is C14H16ClN5. The van der Waals surface area contributed by atoms with Crippen LogP contribution in [0.4, 0.5) is 11.8 Å². The summed E-state index contributed by atoms with van der Waals surface area (Å²) < 4.78 is 0. The van der Waals surface area contributed by atoms with E-state index in [4.69, 9.17) is 11.6 Å². The summed E-state index contributed by atoms with van der Waals surface area (Å²) in [5.74, 6) is 1.69. The lowest BCUT2D eigenvalue weighted by Gasteiger charge is -2.32. The molecular weight excluding hydrogens is 274 g/mol. The smallest absolute Gasteiger partial charge is 0.225 e. The van der Waals surface area contributed by atoms with Crippen molar-refractivity contribution in [2.75, 3.05) is 23.3 Å². The fourth-order valence-corrected chi connectivity index (χ4v) is 2.46. The molecule has 0 aromatic carbocycles. The number of nitrogens with zero attached hydrogens (tertiary/aromatic N) is 4. The first kappa shape index (κ1) is 13.1. The minimum atomic E-state index is 0.434. The maximum atomic E-state index is 5.83. The number of halogens is 1. The van der Waals surface area contributed by atoms with Crippen molar-refractivity contribution in [2.24, 2.45) is 0 Å². The van der Waals surface area contributed by atoms with Crippen molar-refractivity contribution >= 4 is 23.4 Å². The van der Waals surface area contributed by atoms with E-state index in [2.05, 4.69) is 25.2 Å². The first-order chi connectivity index (χ1) is 9.81. The number of rotatable bonds is 3. The quantitative estimate of drug-likeness (QED) is 0.941. The molecule has 3 rings (SSSR count). The normalized spacial score (nSPS) is 16.1. The molecule has 6 heteroatoms. The van der Waals surface area contributed by atoms with Crippen LogP contribution in [0, 0.1) is 0 Å². The summed E-state index contributed by atoms with van der Waals surface area (Å²) in [6, 6.07) is 6.03. The fourth-order valence-electron chi connectivity index (χ4n) is 2.35. The highest BCUT2D eigenvalue weighted by Crippen LogP contribution is 2.18. The molecule has 0 saturated carbocycles. The third-order valence-electron chi connectivity index (χ3n) is 3.41. The van der Waals surface area contributed by atoms with Crippen LogP contribution in [0.15, 0.2) is 36.8 Å². The molecule has 2 aromatic rings. The van der Waals surface area contributed by atoms with Crippen molar-refractivity contribution in [3.63, 3.8) is 0 Å². The molecule has 1 aliphatic heterocycles. The van der Waals surface area contributed by atoms with Crippen molar-refractivity contribution in [2.45, 2.75) is 18.9 Å². The molecule has 0 unspecified atom stereocenters. The monoisotopic (exact) mass is 289 g/mol. The molecule has 3 heterocycles. The Morgan fingerprint density at radius 1 is 1.10 bits per heavy atom. The van der Waals surface area contributed by atoms with Gasteiger partial charge in [0.2, 0.25) is 5.95 Å². The average molecular weight is 290 g/mol. The minimum absolute atomic E-state index is 0.434. The molecule has 0 radical (unpaired) electrons. The van der Waals surface area contributed by atoms with Gasteiger partial charge in [-0.1, -0.05) is 11.6 Å². The van der Waals surface area contributed by atoms with Crippen LogP contribution >= 0.6 is 11.6 Å². The molecule has 1 N–H and O–H groups in total. The van der Waals surface area contributed by atoms with E-state index in [1.165, 1.54) is 0 Å². The summed E-state index contributed by atoms with van der Waals surface area (Å²) in [7, 11) is 0. The van der Waals surface area contributed by atoms with Crippen molar-refractivity contribution in [3.05, 3.63) is 41.8 Å². The maximum absolute atomic E-state index is 5.83. The molecule has 0 atom stereocenters. The second kappa shape index (κ2) is 6.05. The molecule has 104 valence electrons. The first-order valence-electron chi connectivity index (χ1n) is 6.71. The summed E-state index contributed by atoms with van der Waals surface area (Å²) in [5, 5.41) is 4.10. The number of hydrogen-bond acceptors (Lipinski definition) is 5. The molecule has 1 saturated heterocycles. The van der Waals surface area contributed by atoms with Crippen LogP contribution in [0.25, 0.3) is 0 Å². The van der Waals surface area contributed by atoms with Gasteiger partial charge in [0.1, 0.15) is 5.82 Å². The number of pyridine rings is 1. The lowest BCUT2D eigenvalue weighted by atomic mass is 10.1. The highest BCUT2D eigenvalue weighted by atomic mass is 35.5. The van der Waals surface area contributed by atoms with Crippen LogP contribution in [0.3, 0.4) is 0 Å². The predicted molar refractivity (Wildman–Crippen MR) is 80.1 cm³/mol. The Morgan fingerprint density at radius 2 is 1.85 bits per heavy atom. The molecule has 20 heavy (non-hydrogen) atoms. The molecule has 0 aliphatic carbocycles. The van der Waals surface area contributed by atoms with Gasteiger partial charge in [0.05, 0.1) is 5.02 Å². The van der Waals surface area contributed by atoms with Gasteiger partial charge in [-0.3, -0.25) is 0 Å². The Bertz CT molecular complexity index is 537. The van der Waals surface area contributed by atoms with Crippen LogP contribution in [-0.2, 0) is 0 Å². The van der Waals surface area contributed by atoms with E-state index in [1.807, 2.05) is 18.2 Å². The third-order valence-corrected chi connectivity index (χ3v) is 3.63. The van der Waals surface area contributed by atoms with E-state index in [9.17, 15) is 0 Å². The molecule has 0 spiro atoms. The average Bonchev–Trinajstić information content (AvgIpc) is 2.51. The zero-order valence-corrected chi connectivity index (χ0v) is 11.8. The summed E-state index contributed by atoms with van der Waals surface area (Å²) >= 11 is 5.83. The van der Waals surface area contributed by atoms with Gasteiger partial charge < -0.3 is 10.2 Å². The summed E-state index contributed by atoms with van der Waals surface area (Å²) in [6.07, 6.45) is 7.32. The molecule has 0 amide bonds. The van der Waals surface area contributed by atoms with Crippen molar-refractivity contribution in [1.29, 1.82) is 0 Å². The molecule has 1 fully saturated rings. The van der Waals surface area contributed by atoms with Gasteiger partial charge in [0, 0.05) is 37.7 Å². The van der Waals surface area contributed by atoms with E-state index in [1.54, 1.807) is 18.6 Å². The zero-order chi connectivity index (χ0) is 13.8. The number of anilines is 2. The fraction of sp³-hybridized carbons (Fsp3) is 0.357. The Morgan fingerprint density at radius 3 is 2.50 bits per heavy atom. The lowest BCUT2D eigenvalue weighted by Crippen LogP contribution is -2.40. The molecule has 2 aromatic heterocycles. The highest BCUT2D eigenvalue weighted by Gasteiger charge is 2.20. The van der Waals surface area contributed by atoms with E-state index in [0.717, 1.165) is 37.7 Å². The SMILES string of the molecule is Clc1ccc(NC2CCN(c3ncccn3)CC2)nc1. The second-order valence-electron chi connectivity index (χ2n) is 4.82. The Labute approximate surface area is 123 Å². The lowest BCUT2D eigenvalue weighted by molar-refractivity contribution is 0.519. The molecule has 1 aliphatic rings. The Kier molecular flexibility index (Phi) is 3.97. The van der Waals surface area contributed by atoms with Gasteiger partial charge >= 0.3 is 0 Å². The van der Waals surface area contributed by atoms with Crippen LogP contribution in [0.5, 0.6) is 0 Å². The Balaban J connectivity index is 1.55. The van der Waals surface area contributed by atoms with Crippen LogP contribution < -0.4 is 10.2 Å². The number of piperidine rings is 1. The van der Waals surface area contributed by atoms with Crippen molar-refractivity contribution in [1.82, 2.24) is 15.0 Å². The van der Waals surface area contributed by atoms with E-state index in [-0.39, 0.29) is 0 Å². The van der Waals surface area contributed by atoms with Gasteiger partial charge in [-0.15, -0.1) is 0 Å². The topological polar surface area (TPSA) is 53.9 Å². The van der Waals surface area contributed by atoms with E-state index >= 15 is 0 Å². The Hall–Kier alpha value is -1.88. The van der Waals surface area contributed by atoms with Gasteiger partial charge in [-0.05, 0) is 31.0 Å². The summed E-state index contributed by atoms with van der Waals surface area (Å²) in [4.78, 5) is 15.1. The van der Waals surface area contributed by atoms with Gasteiger partial charge in [-0.2, -0.15) is 0 Å². The number of hydrogen-bond donors (Lipinski definition) is 1. The summed E-state index contributed by atoms with van der Waals surface area (Å²) in [5.41, 5.74) is 0. The first-order valence-corrected chi connectivity index (χ1v) is 7.09. The third kappa shape index (κ3) is 3.17. The zero-order valence-electron chi connectivity index (χ0n) is 11.0.